The third kappa shape index (κ3) is 2.81. The number of ether oxygens (including phenoxy) is 1. The molecule has 110 valence electrons. The number of anilines is 1. The molecule has 2 heterocycles. The van der Waals surface area contributed by atoms with Gasteiger partial charge in [0.15, 0.2) is 0 Å². The van der Waals surface area contributed by atoms with Crippen LogP contribution in [0.2, 0.25) is 0 Å². The monoisotopic (exact) mass is 280 g/mol. The highest BCUT2D eigenvalue weighted by molar-refractivity contribution is 5.63. The van der Waals surface area contributed by atoms with Crippen molar-refractivity contribution in [2.45, 2.75) is 45.6 Å². The molecule has 1 fully saturated rings. The molecular weight excluding hydrogens is 260 g/mol. The Morgan fingerprint density at radius 3 is 2.90 bits per heavy atom. The molecule has 0 saturated carbocycles. The molecule has 0 amide bonds. The number of rotatable bonds is 5. The molecule has 0 aromatic carbocycles. The van der Waals surface area contributed by atoms with Crippen molar-refractivity contribution in [3.63, 3.8) is 0 Å². The molecule has 0 spiro atoms. The van der Waals surface area contributed by atoms with Crippen molar-refractivity contribution in [1.82, 2.24) is 9.97 Å². The Morgan fingerprint density at radius 1 is 1.45 bits per heavy atom. The number of hydrogen-bond acceptors (Lipinski definition) is 6. The molecule has 7 nitrogen and oxygen atoms in total. The number of aromatic nitrogens is 2. The topological polar surface area (TPSA) is 81.4 Å². The van der Waals surface area contributed by atoms with Crippen LogP contribution in [0.4, 0.5) is 11.5 Å². The highest BCUT2D eigenvalue weighted by atomic mass is 16.6. The van der Waals surface area contributed by atoms with Crippen LogP contribution in [0.1, 0.15) is 39.5 Å². The third-order valence-corrected chi connectivity index (χ3v) is 3.60. The van der Waals surface area contributed by atoms with Crippen molar-refractivity contribution in [3.05, 3.63) is 16.4 Å². The van der Waals surface area contributed by atoms with E-state index in [-0.39, 0.29) is 11.6 Å². The van der Waals surface area contributed by atoms with Crippen molar-refractivity contribution in [3.8, 4) is 5.88 Å². The molecular formula is C13H20N4O3. The van der Waals surface area contributed by atoms with Crippen LogP contribution < -0.4 is 9.64 Å². The summed E-state index contributed by atoms with van der Waals surface area (Å²) in [5.74, 6) is 0.447. The fourth-order valence-electron chi connectivity index (χ4n) is 2.67. The molecule has 1 aromatic rings. The highest BCUT2D eigenvalue weighted by Crippen LogP contribution is 2.36. The smallest absolute Gasteiger partial charge is 0.372 e. The van der Waals surface area contributed by atoms with Crippen molar-refractivity contribution < 1.29 is 9.66 Å². The second-order valence-electron chi connectivity index (χ2n) is 4.79. The third-order valence-electron chi connectivity index (χ3n) is 3.60. The largest absolute Gasteiger partial charge is 0.473 e. The van der Waals surface area contributed by atoms with Gasteiger partial charge in [-0.15, -0.1) is 0 Å². The molecule has 0 N–H and O–H groups in total. The van der Waals surface area contributed by atoms with E-state index >= 15 is 0 Å². The number of piperidine rings is 1. The van der Waals surface area contributed by atoms with Gasteiger partial charge in [-0.25, -0.2) is 4.98 Å². The summed E-state index contributed by atoms with van der Waals surface area (Å²) >= 11 is 0. The van der Waals surface area contributed by atoms with Gasteiger partial charge in [0, 0.05) is 12.6 Å². The second-order valence-corrected chi connectivity index (χ2v) is 4.79. The van der Waals surface area contributed by atoms with Gasteiger partial charge in [-0.3, -0.25) is 10.1 Å². The van der Waals surface area contributed by atoms with Gasteiger partial charge in [0.1, 0.15) is 6.33 Å². The van der Waals surface area contributed by atoms with Crippen LogP contribution in [0.25, 0.3) is 0 Å². The van der Waals surface area contributed by atoms with Gasteiger partial charge in [-0.1, -0.05) is 6.92 Å². The molecule has 2 rings (SSSR count). The molecule has 1 unspecified atom stereocenters. The zero-order valence-corrected chi connectivity index (χ0v) is 11.9. The van der Waals surface area contributed by atoms with Gasteiger partial charge in [-0.2, -0.15) is 4.98 Å². The van der Waals surface area contributed by atoms with E-state index in [1.807, 2.05) is 4.90 Å². The molecule has 7 heteroatoms. The van der Waals surface area contributed by atoms with Crippen molar-refractivity contribution >= 4 is 11.5 Å². The minimum absolute atomic E-state index is 0.0583. The Bertz CT molecular complexity index is 481. The van der Waals surface area contributed by atoms with Crippen LogP contribution in [0.3, 0.4) is 0 Å². The van der Waals surface area contributed by atoms with Crippen LogP contribution in [-0.4, -0.2) is 34.1 Å². The molecule has 1 aromatic heterocycles. The minimum atomic E-state index is -0.443. The van der Waals surface area contributed by atoms with Crippen LogP contribution >= 0.6 is 0 Å². The average Bonchev–Trinajstić information content (AvgIpc) is 2.47. The Kier molecular flexibility index (Phi) is 4.70. The van der Waals surface area contributed by atoms with E-state index in [0.29, 0.717) is 18.5 Å². The first-order chi connectivity index (χ1) is 9.69. The molecule has 0 radical (unpaired) electrons. The fraction of sp³-hybridized carbons (Fsp3) is 0.692. The van der Waals surface area contributed by atoms with Gasteiger partial charge < -0.3 is 9.64 Å². The first kappa shape index (κ1) is 14.5. The van der Waals surface area contributed by atoms with Crippen LogP contribution in [0, 0.1) is 10.1 Å². The summed E-state index contributed by atoms with van der Waals surface area (Å²) in [6.45, 7) is 5.01. The summed E-state index contributed by atoms with van der Waals surface area (Å²) in [4.78, 5) is 21.0. The first-order valence-corrected chi connectivity index (χ1v) is 7.07. The molecule has 0 bridgehead atoms. The maximum absolute atomic E-state index is 11.4. The minimum Gasteiger partial charge on any atom is -0.473 e. The second kappa shape index (κ2) is 6.49. The van der Waals surface area contributed by atoms with E-state index < -0.39 is 4.92 Å². The molecule has 1 aliphatic rings. The molecule has 20 heavy (non-hydrogen) atoms. The Balaban J connectivity index is 2.43. The summed E-state index contributed by atoms with van der Waals surface area (Å²) in [7, 11) is 0. The standard InChI is InChI=1S/C13H20N4O3/c1-3-10-7-5-6-8-16(10)12-11(17(18)19)13(20-4-2)15-9-14-12/h9-10H,3-8H2,1-2H3. The van der Waals surface area contributed by atoms with Crippen LogP contribution in [0.5, 0.6) is 5.88 Å². The van der Waals surface area contributed by atoms with Crippen molar-refractivity contribution in [1.29, 1.82) is 0 Å². The fourth-order valence-corrected chi connectivity index (χ4v) is 2.67. The molecule has 1 atom stereocenters. The summed E-state index contributed by atoms with van der Waals surface area (Å²) in [5.41, 5.74) is -0.116. The maximum Gasteiger partial charge on any atom is 0.372 e. The summed E-state index contributed by atoms with van der Waals surface area (Å²) in [6, 6.07) is 0.298. The zero-order chi connectivity index (χ0) is 14.5. The highest BCUT2D eigenvalue weighted by Gasteiger charge is 2.32. The Morgan fingerprint density at radius 2 is 2.25 bits per heavy atom. The maximum atomic E-state index is 11.4. The number of hydrogen-bond donors (Lipinski definition) is 0. The lowest BCUT2D eigenvalue weighted by Gasteiger charge is -2.35. The van der Waals surface area contributed by atoms with E-state index in [0.717, 1.165) is 32.2 Å². The summed E-state index contributed by atoms with van der Waals surface area (Å²) in [5, 5.41) is 11.4. The van der Waals surface area contributed by atoms with Crippen molar-refractivity contribution in [2.75, 3.05) is 18.1 Å². The van der Waals surface area contributed by atoms with Gasteiger partial charge >= 0.3 is 5.69 Å². The van der Waals surface area contributed by atoms with E-state index in [1.165, 1.54) is 6.33 Å². The summed E-state index contributed by atoms with van der Waals surface area (Å²) in [6.07, 6.45) is 5.52. The average molecular weight is 280 g/mol. The Hall–Kier alpha value is -1.92. The van der Waals surface area contributed by atoms with Gasteiger partial charge in [-0.05, 0) is 32.6 Å². The van der Waals surface area contributed by atoms with E-state index in [1.54, 1.807) is 6.92 Å². The predicted octanol–water partition coefficient (Wildman–Crippen LogP) is 2.55. The predicted molar refractivity (Wildman–Crippen MR) is 75.1 cm³/mol. The quantitative estimate of drug-likeness (QED) is 0.609. The van der Waals surface area contributed by atoms with Gasteiger partial charge in [0.2, 0.25) is 5.82 Å². The van der Waals surface area contributed by atoms with Gasteiger partial charge in [0.25, 0.3) is 5.88 Å². The lowest BCUT2D eigenvalue weighted by molar-refractivity contribution is -0.385. The molecule has 1 saturated heterocycles. The van der Waals surface area contributed by atoms with Gasteiger partial charge in [0.05, 0.1) is 11.5 Å². The van der Waals surface area contributed by atoms with Crippen LogP contribution in [0.15, 0.2) is 6.33 Å². The normalized spacial score (nSPS) is 18.9. The van der Waals surface area contributed by atoms with Crippen LogP contribution in [-0.2, 0) is 0 Å². The summed E-state index contributed by atoms with van der Waals surface area (Å²) < 4.78 is 5.28. The molecule has 1 aliphatic heterocycles. The van der Waals surface area contributed by atoms with E-state index in [9.17, 15) is 10.1 Å². The molecule has 0 aliphatic carbocycles. The SMILES string of the molecule is CCOc1ncnc(N2CCCCC2CC)c1[N+](=O)[O-]. The Labute approximate surface area is 118 Å². The van der Waals surface area contributed by atoms with E-state index in [2.05, 4.69) is 16.9 Å². The number of nitro groups is 1. The lowest BCUT2D eigenvalue weighted by Crippen LogP contribution is -2.40. The number of nitrogens with zero attached hydrogens (tertiary/aromatic N) is 4. The lowest BCUT2D eigenvalue weighted by atomic mass is 10.00. The van der Waals surface area contributed by atoms with Crippen molar-refractivity contribution in [2.24, 2.45) is 0 Å². The van der Waals surface area contributed by atoms with E-state index in [4.69, 9.17) is 4.74 Å². The zero-order valence-electron chi connectivity index (χ0n) is 11.9. The first-order valence-electron chi connectivity index (χ1n) is 7.07.